The number of rotatable bonds is 5. The summed E-state index contributed by atoms with van der Waals surface area (Å²) in [5.74, 6) is -0.652. The van der Waals surface area contributed by atoms with E-state index in [2.05, 4.69) is 5.32 Å². The van der Waals surface area contributed by atoms with Crippen molar-refractivity contribution in [2.24, 2.45) is 0 Å². The van der Waals surface area contributed by atoms with Crippen LogP contribution in [0.1, 0.15) is 44.6 Å². The van der Waals surface area contributed by atoms with Crippen LogP contribution >= 0.6 is 23.2 Å². The van der Waals surface area contributed by atoms with E-state index in [1.807, 2.05) is 0 Å². The molecule has 0 heterocycles. The van der Waals surface area contributed by atoms with Crippen LogP contribution in [-0.4, -0.2) is 25.6 Å². The second-order valence-electron chi connectivity index (χ2n) is 6.04. The Kier molecular flexibility index (Phi) is 6.34. The molecule has 1 N–H and O–H groups in total. The van der Waals surface area contributed by atoms with Crippen LogP contribution in [0.5, 0.6) is 0 Å². The number of hydrogen-bond donors (Lipinski definition) is 1. The number of sulfone groups is 1. The molecule has 128 valence electrons. The molecule has 7 heteroatoms. The van der Waals surface area contributed by atoms with E-state index in [0.717, 1.165) is 25.7 Å². The minimum absolute atomic E-state index is 0.0962. The number of benzene rings is 1. The highest BCUT2D eigenvalue weighted by molar-refractivity contribution is 7.92. The third-order valence-corrected chi connectivity index (χ3v) is 6.98. The Balaban J connectivity index is 2.02. The minimum atomic E-state index is -3.61. The van der Waals surface area contributed by atoms with Crippen LogP contribution in [0.15, 0.2) is 18.2 Å². The maximum Gasteiger partial charge on any atom is 0.238 e. The Morgan fingerprint density at radius 1 is 1.22 bits per heavy atom. The van der Waals surface area contributed by atoms with Crippen molar-refractivity contribution in [3.05, 3.63) is 33.8 Å². The van der Waals surface area contributed by atoms with Crippen LogP contribution in [0.4, 0.5) is 0 Å². The Labute approximate surface area is 147 Å². The van der Waals surface area contributed by atoms with Gasteiger partial charge in [0.05, 0.1) is 15.8 Å². The van der Waals surface area contributed by atoms with Gasteiger partial charge in [-0.3, -0.25) is 4.79 Å². The van der Waals surface area contributed by atoms with Gasteiger partial charge >= 0.3 is 0 Å². The molecule has 1 aliphatic rings. The maximum absolute atomic E-state index is 12.4. The summed E-state index contributed by atoms with van der Waals surface area (Å²) in [5.41, 5.74) is 0.525. The van der Waals surface area contributed by atoms with Gasteiger partial charge in [-0.2, -0.15) is 0 Å². The van der Waals surface area contributed by atoms with E-state index in [1.165, 1.54) is 19.4 Å². The molecule has 0 radical (unpaired) electrons. The fraction of sp³-hybridized carbons (Fsp3) is 0.562. The lowest BCUT2D eigenvalue weighted by atomic mass is 9.95. The van der Waals surface area contributed by atoms with Crippen molar-refractivity contribution in [3.63, 3.8) is 0 Å². The first kappa shape index (κ1) is 18.6. The Morgan fingerprint density at radius 3 is 2.48 bits per heavy atom. The molecule has 1 aliphatic carbocycles. The SMILES string of the molecule is C[C@H](C(=O)NC1CCCCC1)S(=O)(=O)Cc1ccc(Cl)c(Cl)c1. The summed E-state index contributed by atoms with van der Waals surface area (Å²) >= 11 is 11.7. The van der Waals surface area contributed by atoms with Gasteiger partial charge in [0, 0.05) is 6.04 Å². The number of halogens is 2. The zero-order chi connectivity index (χ0) is 17.0. The minimum Gasteiger partial charge on any atom is -0.352 e. The zero-order valence-electron chi connectivity index (χ0n) is 13.0. The lowest BCUT2D eigenvalue weighted by Crippen LogP contribution is -2.44. The molecular weight excluding hydrogens is 357 g/mol. The predicted molar refractivity (Wildman–Crippen MR) is 93.6 cm³/mol. The summed E-state index contributed by atoms with van der Waals surface area (Å²) in [6, 6.07) is 4.78. The van der Waals surface area contributed by atoms with Crippen molar-refractivity contribution >= 4 is 38.9 Å². The molecule has 0 unspecified atom stereocenters. The standard InChI is InChI=1S/C16H21Cl2NO3S/c1-11(16(20)19-13-5-3-2-4-6-13)23(21,22)10-12-7-8-14(17)15(18)9-12/h7-9,11,13H,2-6,10H2,1H3,(H,19,20)/t11-/m1/s1. The molecule has 0 bridgehead atoms. The maximum atomic E-state index is 12.4. The van der Waals surface area contributed by atoms with Crippen LogP contribution < -0.4 is 5.32 Å². The molecule has 2 rings (SSSR count). The van der Waals surface area contributed by atoms with E-state index in [-0.39, 0.29) is 11.8 Å². The molecule has 1 saturated carbocycles. The highest BCUT2D eigenvalue weighted by Gasteiger charge is 2.30. The molecule has 1 fully saturated rings. The number of carbonyl (C=O) groups is 1. The first-order valence-electron chi connectivity index (χ1n) is 7.75. The third-order valence-electron chi connectivity index (χ3n) is 4.21. The molecule has 1 aromatic carbocycles. The summed E-state index contributed by atoms with van der Waals surface area (Å²) in [5, 5.41) is 2.46. The largest absolute Gasteiger partial charge is 0.352 e. The molecule has 0 saturated heterocycles. The number of carbonyl (C=O) groups excluding carboxylic acids is 1. The van der Waals surface area contributed by atoms with Gasteiger partial charge in [0.1, 0.15) is 5.25 Å². The molecule has 23 heavy (non-hydrogen) atoms. The number of hydrogen-bond acceptors (Lipinski definition) is 3. The van der Waals surface area contributed by atoms with Crippen LogP contribution in [0, 0.1) is 0 Å². The highest BCUT2D eigenvalue weighted by atomic mass is 35.5. The van der Waals surface area contributed by atoms with Crippen LogP contribution in [0.3, 0.4) is 0 Å². The topological polar surface area (TPSA) is 63.2 Å². The Hall–Kier alpha value is -0.780. The van der Waals surface area contributed by atoms with Crippen LogP contribution in [0.2, 0.25) is 10.0 Å². The monoisotopic (exact) mass is 377 g/mol. The number of amides is 1. The summed E-state index contributed by atoms with van der Waals surface area (Å²) in [4.78, 5) is 12.2. The van der Waals surface area contributed by atoms with Crippen LogP contribution in [0.25, 0.3) is 0 Å². The molecule has 0 aliphatic heterocycles. The Morgan fingerprint density at radius 2 is 1.87 bits per heavy atom. The zero-order valence-corrected chi connectivity index (χ0v) is 15.3. The summed E-state index contributed by atoms with van der Waals surface area (Å²) < 4.78 is 24.9. The van der Waals surface area contributed by atoms with Gasteiger partial charge in [-0.15, -0.1) is 0 Å². The van der Waals surface area contributed by atoms with Gasteiger partial charge < -0.3 is 5.32 Å². The number of nitrogens with one attached hydrogen (secondary N) is 1. The van der Waals surface area contributed by atoms with Gasteiger partial charge in [-0.25, -0.2) is 8.42 Å². The van der Waals surface area contributed by atoms with Crippen molar-refractivity contribution < 1.29 is 13.2 Å². The smallest absolute Gasteiger partial charge is 0.238 e. The molecular formula is C16H21Cl2NO3S. The van der Waals surface area contributed by atoms with E-state index in [0.29, 0.717) is 15.6 Å². The summed E-state index contributed by atoms with van der Waals surface area (Å²) in [6.45, 7) is 1.44. The average Bonchev–Trinajstić information content (AvgIpc) is 2.51. The van der Waals surface area contributed by atoms with Gasteiger partial charge in [-0.1, -0.05) is 48.5 Å². The molecule has 0 spiro atoms. The van der Waals surface area contributed by atoms with E-state index in [4.69, 9.17) is 23.2 Å². The molecule has 0 aromatic heterocycles. The second kappa shape index (κ2) is 7.86. The first-order chi connectivity index (χ1) is 10.8. The van der Waals surface area contributed by atoms with Gasteiger partial charge in [-0.05, 0) is 37.5 Å². The lowest BCUT2D eigenvalue weighted by molar-refractivity contribution is -0.121. The van der Waals surface area contributed by atoms with E-state index < -0.39 is 21.0 Å². The van der Waals surface area contributed by atoms with Gasteiger partial charge in [0.25, 0.3) is 0 Å². The average molecular weight is 378 g/mol. The fourth-order valence-electron chi connectivity index (χ4n) is 2.72. The second-order valence-corrected chi connectivity index (χ2v) is 9.18. The van der Waals surface area contributed by atoms with E-state index in [1.54, 1.807) is 12.1 Å². The normalized spacial score (nSPS) is 17.7. The molecule has 1 amide bonds. The Bertz CT molecular complexity index is 670. The first-order valence-corrected chi connectivity index (χ1v) is 10.2. The van der Waals surface area contributed by atoms with Gasteiger partial charge in [0.15, 0.2) is 9.84 Å². The van der Waals surface area contributed by atoms with Crippen molar-refractivity contribution in [2.75, 3.05) is 0 Å². The summed E-state index contributed by atoms with van der Waals surface area (Å²) in [7, 11) is -3.61. The predicted octanol–water partition coefficient (Wildman–Crippen LogP) is 3.75. The molecule has 1 atom stereocenters. The van der Waals surface area contributed by atoms with Crippen molar-refractivity contribution in [1.82, 2.24) is 5.32 Å². The highest BCUT2D eigenvalue weighted by Crippen LogP contribution is 2.24. The summed E-state index contributed by atoms with van der Waals surface area (Å²) in [6.07, 6.45) is 5.18. The van der Waals surface area contributed by atoms with Crippen molar-refractivity contribution in [3.8, 4) is 0 Å². The van der Waals surface area contributed by atoms with Crippen molar-refractivity contribution in [2.45, 2.75) is 56.1 Å². The lowest BCUT2D eigenvalue weighted by Gasteiger charge is -2.24. The van der Waals surface area contributed by atoms with Crippen molar-refractivity contribution in [1.29, 1.82) is 0 Å². The fourth-order valence-corrected chi connectivity index (χ4v) is 4.32. The molecule has 4 nitrogen and oxygen atoms in total. The third kappa shape index (κ3) is 5.10. The quantitative estimate of drug-likeness (QED) is 0.849. The van der Waals surface area contributed by atoms with E-state index >= 15 is 0 Å². The van der Waals surface area contributed by atoms with Gasteiger partial charge in [0.2, 0.25) is 5.91 Å². The molecule has 1 aromatic rings. The van der Waals surface area contributed by atoms with Crippen LogP contribution in [-0.2, 0) is 20.4 Å². The van der Waals surface area contributed by atoms with E-state index in [9.17, 15) is 13.2 Å².